The van der Waals surface area contributed by atoms with E-state index >= 15 is 0 Å². The largest absolute Gasteiger partial charge is 0.390 e. The Kier molecular flexibility index (Phi) is 4.53. The summed E-state index contributed by atoms with van der Waals surface area (Å²) < 4.78 is 3.00. The van der Waals surface area contributed by atoms with Crippen molar-refractivity contribution in [2.24, 2.45) is 5.92 Å². The van der Waals surface area contributed by atoms with Crippen LogP contribution in [0.5, 0.6) is 0 Å². The molecule has 5 rings (SSSR count). The van der Waals surface area contributed by atoms with Gasteiger partial charge in [0, 0.05) is 33.3 Å². The molecule has 1 aliphatic carbocycles. The third-order valence-corrected chi connectivity index (χ3v) is 6.78. The second-order valence-corrected chi connectivity index (χ2v) is 8.60. The number of thiophene rings is 1. The van der Waals surface area contributed by atoms with E-state index in [1.54, 1.807) is 22.0 Å². The topological polar surface area (TPSA) is 82.7 Å². The summed E-state index contributed by atoms with van der Waals surface area (Å²) in [4.78, 5) is 4.45. The highest BCUT2D eigenvalue weighted by Crippen LogP contribution is 2.35. The molecule has 0 unspecified atom stereocenters. The van der Waals surface area contributed by atoms with Crippen molar-refractivity contribution in [2.45, 2.75) is 38.0 Å². The van der Waals surface area contributed by atoms with Crippen molar-refractivity contribution in [3.05, 3.63) is 54.4 Å². The lowest BCUT2D eigenvalue weighted by Crippen LogP contribution is -2.35. The fourth-order valence-corrected chi connectivity index (χ4v) is 5.02. The molecule has 0 spiro atoms. The zero-order valence-corrected chi connectivity index (χ0v) is 16.9. The fraction of sp³-hybridized carbons (Fsp3) is 0.318. The monoisotopic (exact) mass is 407 g/mol. The summed E-state index contributed by atoms with van der Waals surface area (Å²) in [7, 11) is 0. The number of fused-ring (bicyclic) bond motifs is 2. The minimum atomic E-state index is -0.857. The maximum absolute atomic E-state index is 10.3. The van der Waals surface area contributed by atoms with Crippen LogP contribution in [0.1, 0.15) is 18.9 Å². The Balaban J connectivity index is 1.54. The molecule has 1 aromatic carbocycles. The molecule has 4 aromatic rings. The average Bonchev–Trinajstić information content (AvgIpc) is 3.40. The van der Waals surface area contributed by atoms with Gasteiger partial charge >= 0.3 is 0 Å². The van der Waals surface area contributed by atoms with Gasteiger partial charge < -0.3 is 15.5 Å². The SMILES string of the molecule is [CH2][C@@H]1C[C@@H](Nc2ccnc3cc(-c4csc5ccc(CC)cc45)nn23)[C@H](O)[C@@H]1O. The smallest absolute Gasteiger partial charge is 0.157 e. The predicted molar refractivity (Wildman–Crippen MR) is 116 cm³/mol. The summed E-state index contributed by atoms with van der Waals surface area (Å²) in [6.07, 6.45) is 1.64. The first-order valence-electron chi connectivity index (χ1n) is 9.86. The van der Waals surface area contributed by atoms with E-state index in [4.69, 9.17) is 5.10 Å². The lowest BCUT2D eigenvalue weighted by atomic mass is 10.1. The summed E-state index contributed by atoms with van der Waals surface area (Å²) in [5, 5.41) is 31.8. The lowest BCUT2D eigenvalue weighted by Gasteiger charge is -2.19. The normalized spacial score (nSPS) is 24.6. The van der Waals surface area contributed by atoms with E-state index in [1.807, 2.05) is 12.1 Å². The third kappa shape index (κ3) is 3.10. The van der Waals surface area contributed by atoms with Crippen LogP contribution < -0.4 is 5.32 Å². The molecule has 3 N–H and O–H groups in total. The minimum Gasteiger partial charge on any atom is -0.390 e. The van der Waals surface area contributed by atoms with Gasteiger partial charge in [-0.2, -0.15) is 9.61 Å². The van der Waals surface area contributed by atoms with E-state index in [2.05, 4.69) is 47.7 Å². The van der Waals surface area contributed by atoms with Crippen LogP contribution in [0, 0.1) is 12.8 Å². The van der Waals surface area contributed by atoms with Crippen LogP contribution in [0.4, 0.5) is 5.82 Å². The van der Waals surface area contributed by atoms with Crippen LogP contribution >= 0.6 is 11.3 Å². The van der Waals surface area contributed by atoms with Crippen LogP contribution in [-0.4, -0.2) is 43.1 Å². The molecule has 0 aliphatic heterocycles. The number of nitrogens with one attached hydrogen (secondary N) is 1. The number of hydrogen-bond acceptors (Lipinski definition) is 6. The first kappa shape index (κ1) is 18.5. The fourth-order valence-electron chi connectivity index (χ4n) is 4.09. The predicted octanol–water partition coefficient (Wildman–Crippen LogP) is 3.53. The summed E-state index contributed by atoms with van der Waals surface area (Å²) in [5.74, 6) is 0.540. The molecule has 6 nitrogen and oxygen atoms in total. The highest BCUT2D eigenvalue weighted by molar-refractivity contribution is 7.17. The van der Waals surface area contributed by atoms with Crippen molar-refractivity contribution in [1.82, 2.24) is 14.6 Å². The maximum atomic E-state index is 10.3. The van der Waals surface area contributed by atoms with Crippen molar-refractivity contribution in [3.63, 3.8) is 0 Å². The first-order valence-corrected chi connectivity index (χ1v) is 10.7. The van der Waals surface area contributed by atoms with E-state index in [9.17, 15) is 10.2 Å². The zero-order valence-electron chi connectivity index (χ0n) is 16.1. The van der Waals surface area contributed by atoms with Gasteiger partial charge in [-0.05, 0) is 49.4 Å². The standard InChI is InChI=1S/C22H23N4O2S/c1-3-13-4-5-18-14(9-13)15(11-29-18)16-10-20-23-7-6-19(26(20)25-16)24-17-8-12(2)21(27)22(17)28/h4-7,9-12,17,21-22,24,27-28H,2-3,8H2,1H3/t12-,17-,21-,22+/m1/s1. The van der Waals surface area contributed by atoms with E-state index in [0.29, 0.717) is 6.42 Å². The van der Waals surface area contributed by atoms with Crippen LogP contribution in [0.3, 0.4) is 0 Å². The Labute approximate surface area is 172 Å². The molecular weight excluding hydrogens is 384 g/mol. The Hall–Kier alpha value is -2.48. The molecule has 149 valence electrons. The Morgan fingerprint density at radius 1 is 1.24 bits per heavy atom. The van der Waals surface area contributed by atoms with Gasteiger partial charge in [0.15, 0.2) is 5.65 Å². The molecule has 3 heterocycles. The van der Waals surface area contributed by atoms with Gasteiger partial charge in [0.2, 0.25) is 0 Å². The molecule has 1 fully saturated rings. The summed E-state index contributed by atoms with van der Waals surface area (Å²) in [6, 6.07) is 10.1. The number of rotatable bonds is 4. The highest BCUT2D eigenvalue weighted by Gasteiger charge is 2.39. The van der Waals surface area contributed by atoms with Crippen molar-refractivity contribution in [2.75, 3.05) is 5.32 Å². The molecule has 29 heavy (non-hydrogen) atoms. The van der Waals surface area contributed by atoms with Gasteiger partial charge in [0.1, 0.15) is 11.9 Å². The molecular formula is C22H23N4O2S. The van der Waals surface area contributed by atoms with Gasteiger partial charge in [-0.15, -0.1) is 11.3 Å². The molecule has 0 saturated heterocycles. The lowest BCUT2D eigenvalue weighted by molar-refractivity contribution is 0.0256. The molecule has 0 bridgehead atoms. The molecule has 1 saturated carbocycles. The summed E-state index contributed by atoms with van der Waals surface area (Å²) in [6.45, 7) is 6.08. The number of nitrogens with zero attached hydrogens (tertiary/aromatic N) is 3. The number of aromatic nitrogens is 3. The van der Waals surface area contributed by atoms with E-state index in [0.717, 1.165) is 29.1 Å². The van der Waals surface area contributed by atoms with Crippen molar-refractivity contribution >= 4 is 32.9 Å². The summed E-state index contributed by atoms with van der Waals surface area (Å²) >= 11 is 1.72. The van der Waals surface area contributed by atoms with Crippen molar-refractivity contribution in [1.29, 1.82) is 0 Å². The van der Waals surface area contributed by atoms with Gasteiger partial charge in [-0.3, -0.25) is 0 Å². The van der Waals surface area contributed by atoms with Gasteiger partial charge in [-0.25, -0.2) is 4.98 Å². The van der Waals surface area contributed by atoms with Crippen LogP contribution in [0.25, 0.3) is 27.0 Å². The second kappa shape index (κ2) is 7.09. The number of anilines is 1. The zero-order chi connectivity index (χ0) is 20.1. The molecule has 3 aromatic heterocycles. The average molecular weight is 408 g/mol. The Morgan fingerprint density at radius 2 is 2.10 bits per heavy atom. The number of aliphatic hydroxyl groups is 2. The third-order valence-electron chi connectivity index (χ3n) is 5.82. The van der Waals surface area contributed by atoms with Crippen LogP contribution in [-0.2, 0) is 6.42 Å². The molecule has 1 radical (unpaired) electrons. The first-order chi connectivity index (χ1) is 14.0. The van der Waals surface area contributed by atoms with E-state index < -0.39 is 12.2 Å². The quantitative estimate of drug-likeness (QED) is 0.482. The van der Waals surface area contributed by atoms with Crippen molar-refractivity contribution in [3.8, 4) is 11.3 Å². The molecule has 7 heteroatoms. The second-order valence-electron chi connectivity index (χ2n) is 7.69. The van der Waals surface area contributed by atoms with Gasteiger partial charge in [0.25, 0.3) is 0 Å². The van der Waals surface area contributed by atoms with Crippen molar-refractivity contribution < 1.29 is 10.2 Å². The molecule has 4 atom stereocenters. The molecule has 1 aliphatic rings. The van der Waals surface area contributed by atoms with Crippen LogP contribution in [0.2, 0.25) is 0 Å². The van der Waals surface area contributed by atoms with Gasteiger partial charge in [-0.1, -0.05) is 13.0 Å². The summed E-state index contributed by atoms with van der Waals surface area (Å²) in [5.41, 5.74) is 4.01. The number of aryl methyl sites for hydroxylation is 1. The van der Waals surface area contributed by atoms with Crippen LogP contribution in [0.15, 0.2) is 41.9 Å². The number of benzene rings is 1. The minimum absolute atomic E-state index is 0.196. The Bertz CT molecular complexity index is 1180. The number of aliphatic hydroxyl groups excluding tert-OH is 2. The Morgan fingerprint density at radius 3 is 2.86 bits per heavy atom. The maximum Gasteiger partial charge on any atom is 0.157 e. The van der Waals surface area contributed by atoms with E-state index in [1.165, 1.54) is 15.6 Å². The molecule has 0 amide bonds. The highest BCUT2D eigenvalue weighted by atomic mass is 32.1. The number of hydrogen-bond donors (Lipinski definition) is 3. The van der Waals surface area contributed by atoms with E-state index in [-0.39, 0.29) is 12.0 Å². The van der Waals surface area contributed by atoms with Gasteiger partial charge in [0.05, 0.1) is 17.8 Å².